The Bertz CT molecular complexity index is 970. The molecule has 1 N–H and O–H groups in total. The first-order chi connectivity index (χ1) is 14.5. The zero-order valence-electron chi connectivity index (χ0n) is 17.2. The van der Waals surface area contributed by atoms with Gasteiger partial charge in [-0.3, -0.25) is 9.69 Å². The summed E-state index contributed by atoms with van der Waals surface area (Å²) < 4.78 is 26.9. The Morgan fingerprint density at radius 2 is 1.67 bits per heavy atom. The Morgan fingerprint density at radius 1 is 0.967 bits per heavy atom. The fourth-order valence-electron chi connectivity index (χ4n) is 4.39. The zero-order chi connectivity index (χ0) is 21.0. The highest BCUT2D eigenvalue weighted by Gasteiger charge is 2.28. The molecule has 2 aliphatic rings. The number of amides is 1. The van der Waals surface area contributed by atoms with Crippen molar-refractivity contribution in [2.75, 3.05) is 32.7 Å². The van der Waals surface area contributed by atoms with Crippen molar-refractivity contribution >= 4 is 15.9 Å². The molecule has 1 aliphatic heterocycles. The Morgan fingerprint density at radius 3 is 2.43 bits per heavy atom. The van der Waals surface area contributed by atoms with E-state index in [4.69, 9.17) is 0 Å². The van der Waals surface area contributed by atoms with Crippen molar-refractivity contribution in [3.63, 3.8) is 0 Å². The molecule has 0 aromatic heterocycles. The van der Waals surface area contributed by atoms with E-state index in [2.05, 4.69) is 17.4 Å². The molecule has 0 unspecified atom stereocenters. The third-order valence-corrected chi connectivity index (χ3v) is 7.84. The van der Waals surface area contributed by atoms with Crippen LogP contribution in [0.2, 0.25) is 0 Å². The topological polar surface area (TPSA) is 69.7 Å². The van der Waals surface area contributed by atoms with Gasteiger partial charge in [0.15, 0.2) is 0 Å². The van der Waals surface area contributed by atoms with Gasteiger partial charge in [-0.15, -0.1) is 0 Å². The number of carbonyl (C=O) groups excluding carboxylic acids is 1. The summed E-state index contributed by atoms with van der Waals surface area (Å²) in [5, 5.41) is 3.18. The molecule has 1 fully saturated rings. The first-order valence-corrected chi connectivity index (χ1v) is 12.2. The first-order valence-electron chi connectivity index (χ1n) is 10.6. The van der Waals surface area contributed by atoms with Crippen molar-refractivity contribution in [3.8, 4) is 0 Å². The minimum absolute atomic E-state index is 0.0114. The van der Waals surface area contributed by atoms with E-state index in [0.29, 0.717) is 32.7 Å². The molecule has 0 radical (unpaired) electrons. The average molecular weight is 428 g/mol. The van der Waals surface area contributed by atoms with E-state index < -0.39 is 10.0 Å². The van der Waals surface area contributed by atoms with Crippen molar-refractivity contribution in [2.45, 2.75) is 31.1 Å². The van der Waals surface area contributed by atoms with Crippen molar-refractivity contribution in [1.82, 2.24) is 14.5 Å². The molecule has 6 nitrogen and oxygen atoms in total. The largest absolute Gasteiger partial charge is 0.348 e. The Balaban J connectivity index is 1.27. The molecular formula is C23H29N3O3S. The Hall–Kier alpha value is -2.22. The van der Waals surface area contributed by atoms with Crippen LogP contribution in [0.4, 0.5) is 0 Å². The van der Waals surface area contributed by atoms with Crippen LogP contribution in [-0.2, 0) is 27.0 Å². The number of nitrogens with one attached hydrogen (secondary N) is 1. The number of hydrogen-bond acceptors (Lipinski definition) is 4. The number of piperazine rings is 1. The highest BCUT2D eigenvalue weighted by Crippen LogP contribution is 2.29. The number of fused-ring (bicyclic) bond motifs is 1. The van der Waals surface area contributed by atoms with Crippen molar-refractivity contribution < 1.29 is 13.2 Å². The molecule has 30 heavy (non-hydrogen) atoms. The highest BCUT2D eigenvalue weighted by atomic mass is 32.2. The van der Waals surface area contributed by atoms with Crippen LogP contribution in [0.1, 0.15) is 35.6 Å². The molecule has 0 spiro atoms. The fraction of sp³-hybridized carbons (Fsp3) is 0.435. The number of nitrogens with zero attached hydrogens (tertiary/aromatic N) is 2. The lowest BCUT2D eigenvalue weighted by molar-refractivity contribution is -0.123. The molecule has 7 heteroatoms. The summed E-state index contributed by atoms with van der Waals surface area (Å²) in [4.78, 5) is 14.7. The minimum Gasteiger partial charge on any atom is -0.348 e. The molecule has 2 aromatic rings. The van der Waals surface area contributed by atoms with Gasteiger partial charge in [-0.25, -0.2) is 8.42 Å². The standard InChI is InChI=1S/C23H29N3O3S/c27-23(24-22-12-6-10-20-9-4-5-11-21(20)22)17-25-13-15-26(16-14-25)30(28,29)18-19-7-2-1-3-8-19/h1-5,7-9,11,22H,6,10,12-18H2,(H,24,27)/t22-/m1/s1. The lowest BCUT2D eigenvalue weighted by atomic mass is 9.88. The lowest BCUT2D eigenvalue weighted by Gasteiger charge is -2.34. The van der Waals surface area contributed by atoms with Gasteiger partial charge in [-0.05, 0) is 36.0 Å². The second kappa shape index (κ2) is 9.29. The van der Waals surface area contributed by atoms with E-state index >= 15 is 0 Å². The molecular weight excluding hydrogens is 398 g/mol. The molecule has 2 aromatic carbocycles. The minimum atomic E-state index is -3.34. The Kier molecular flexibility index (Phi) is 6.51. The van der Waals surface area contributed by atoms with Crippen LogP contribution in [0.25, 0.3) is 0 Å². The Labute approximate surface area is 178 Å². The summed E-state index contributed by atoms with van der Waals surface area (Å²) >= 11 is 0. The molecule has 0 bridgehead atoms. The number of carbonyl (C=O) groups is 1. The van der Waals surface area contributed by atoms with Gasteiger partial charge in [0, 0.05) is 26.2 Å². The van der Waals surface area contributed by atoms with Gasteiger partial charge in [-0.1, -0.05) is 54.6 Å². The monoisotopic (exact) mass is 427 g/mol. The van der Waals surface area contributed by atoms with Crippen molar-refractivity contribution in [1.29, 1.82) is 0 Å². The number of hydrogen-bond donors (Lipinski definition) is 1. The molecule has 4 rings (SSSR count). The van der Waals surface area contributed by atoms with Crippen LogP contribution in [0.5, 0.6) is 0 Å². The highest BCUT2D eigenvalue weighted by molar-refractivity contribution is 7.88. The molecule has 160 valence electrons. The van der Waals surface area contributed by atoms with Gasteiger partial charge < -0.3 is 5.32 Å². The van der Waals surface area contributed by atoms with Crippen LogP contribution in [0, 0.1) is 0 Å². The average Bonchev–Trinajstić information content (AvgIpc) is 2.75. The smallest absolute Gasteiger partial charge is 0.234 e. The van der Waals surface area contributed by atoms with Gasteiger partial charge in [0.05, 0.1) is 18.3 Å². The van der Waals surface area contributed by atoms with Crippen LogP contribution in [-0.4, -0.2) is 56.3 Å². The zero-order valence-corrected chi connectivity index (χ0v) is 18.0. The summed E-state index contributed by atoms with van der Waals surface area (Å²) in [5.74, 6) is 0.0346. The summed E-state index contributed by atoms with van der Waals surface area (Å²) in [6, 6.07) is 17.7. The van der Waals surface area contributed by atoms with E-state index in [9.17, 15) is 13.2 Å². The molecule has 0 saturated carbocycles. The van der Waals surface area contributed by atoms with Crippen LogP contribution in [0.3, 0.4) is 0 Å². The van der Waals surface area contributed by atoms with Crippen molar-refractivity contribution in [2.24, 2.45) is 0 Å². The van der Waals surface area contributed by atoms with E-state index in [-0.39, 0.29) is 17.7 Å². The van der Waals surface area contributed by atoms with Gasteiger partial charge >= 0.3 is 0 Å². The maximum Gasteiger partial charge on any atom is 0.234 e. The maximum atomic E-state index is 12.7. The van der Waals surface area contributed by atoms with Crippen molar-refractivity contribution in [3.05, 3.63) is 71.3 Å². The second-order valence-electron chi connectivity index (χ2n) is 8.13. The number of benzene rings is 2. The lowest BCUT2D eigenvalue weighted by Crippen LogP contribution is -2.51. The molecule has 1 atom stereocenters. The molecule has 1 heterocycles. The summed E-state index contributed by atoms with van der Waals surface area (Å²) in [6.45, 7) is 2.31. The number of sulfonamides is 1. The molecule has 1 amide bonds. The van der Waals surface area contributed by atoms with Crippen LogP contribution in [0.15, 0.2) is 54.6 Å². The van der Waals surface area contributed by atoms with Gasteiger partial charge in [0.25, 0.3) is 0 Å². The number of aryl methyl sites for hydroxylation is 1. The van der Waals surface area contributed by atoms with Gasteiger partial charge in [0.2, 0.25) is 15.9 Å². The summed E-state index contributed by atoms with van der Waals surface area (Å²) in [6.07, 6.45) is 3.12. The maximum absolute atomic E-state index is 12.7. The first kappa shape index (κ1) is 21.0. The van der Waals surface area contributed by atoms with E-state index in [1.165, 1.54) is 11.1 Å². The third kappa shape index (κ3) is 5.09. The summed E-state index contributed by atoms with van der Waals surface area (Å²) in [7, 11) is -3.34. The fourth-order valence-corrected chi connectivity index (χ4v) is 5.90. The van der Waals surface area contributed by atoms with E-state index in [1.54, 1.807) is 4.31 Å². The second-order valence-corrected chi connectivity index (χ2v) is 10.1. The third-order valence-electron chi connectivity index (χ3n) is 5.99. The predicted octanol–water partition coefficient (Wildman–Crippen LogP) is 2.33. The van der Waals surface area contributed by atoms with Gasteiger partial charge in [0.1, 0.15) is 0 Å². The van der Waals surface area contributed by atoms with E-state index in [1.807, 2.05) is 47.4 Å². The van der Waals surface area contributed by atoms with Gasteiger partial charge in [-0.2, -0.15) is 4.31 Å². The molecule has 1 saturated heterocycles. The normalized spacial score (nSPS) is 20.5. The summed E-state index contributed by atoms with van der Waals surface area (Å²) in [5.41, 5.74) is 3.35. The predicted molar refractivity (Wildman–Crippen MR) is 117 cm³/mol. The van der Waals surface area contributed by atoms with E-state index in [0.717, 1.165) is 24.8 Å². The number of rotatable bonds is 6. The SMILES string of the molecule is O=C(CN1CCN(S(=O)(=O)Cc2ccccc2)CC1)N[C@@H]1CCCc2ccccc21. The quantitative estimate of drug-likeness (QED) is 0.768. The van der Waals surface area contributed by atoms with Crippen LogP contribution < -0.4 is 5.32 Å². The van der Waals surface area contributed by atoms with Crippen LogP contribution >= 0.6 is 0 Å². The molecule has 1 aliphatic carbocycles.